The second kappa shape index (κ2) is 4.39. The zero-order valence-electron chi connectivity index (χ0n) is 8.27. The van der Waals surface area contributed by atoms with E-state index in [1.807, 2.05) is 13.1 Å². The zero-order chi connectivity index (χ0) is 9.84. The van der Waals surface area contributed by atoms with Gasteiger partial charge in [-0.25, -0.2) is 0 Å². The van der Waals surface area contributed by atoms with Gasteiger partial charge in [0.15, 0.2) is 0 Å². The average molecular weight is 184 g/mol. The van der Waals surface area contributed by atoms with Gasteiger partial charge in [-0.1, -0.05) is 0 Å². The molecule has 0 bridgehead atoms. The minimum Gasteiger partial charge on any atom is -0.389 e. The molecule has 0 aliphatic rings. The molecule has 0 saturated heterocycles. The third-order valence-corrected chi connectivity index (χ3v) is 1.96. The average Bonchev–Trinajstić information content (AvgIpc) is 2.52. The lowest BCUT2D eigenvalue weighted by molar-refractivity contribution is 0.156. The molecule has 1 aromatic rings. The summed E-state index contributed by atoms with van der Waals surface area (Å²) in [6.45, 7) is 4.37. The number of rotatable bonds is 4. The van der Waals surface area contributed by atoms with Gasteiger partial charge in [0.05, 0.1) is 24.9 Å². The lowest BCUT2D eigenvalue weighted by Crippen LogP contribution is -2.11. The standard InChI is InChI=1S/C9H16N2O2/c1-7(6-13-3)11-5-9(4-10-11)8(2)12/h4-5,7-8,12H,6H2,1-3H3. The maximum absolute atomic E-state index is 9.26. The molecule has 2 atom stereocenters. The van der Waals surface area contributed by atoms with E-state index in [2.05, 4.69) is 5.10 Å². The summed E-state index contributed by atoms with van der Waals surface area (Å²) in [5.74, 6) is 0. The van der Waals surface area contributed by atoms with Crippen LogP contribution in [-0.2, 0) is 4.74 Å². The number of aromatic nitrogens is 2. The Labute approximate surface area is 78.1 Å². The van der Waals surface area contributed by atoms with E-state index in [9.17, 15) is 5.11 Å². The fourth-order valence-electron chi connectivity index (χ4n) is 1.13. The molecule has 0 aliphatic heterocycles. The summed E-state index contributed by atoms with van der Waals surface area (Å²) in [7, 11) is 1.66. The fraction of sp³-hybridized carbons (Fsp3) is 0.667. The van der Waals surface area contributed by atoms with Crippen LogP contribution in [0.15, 0.2) is 12.4 Å². The second-order valence-electron chi connectivity index (χ2n) is 3.23. The molecule has 0 saturated carbocycles. The van der Waals surface area contributed by atoms with Crippen LogP contribution in [0.5, 0.6) is 0 Å². The second-order valence-corrected chi connectivity index (χ2v) is 3.23. The number of nitrogens with zero attached hydrogens (tertiary/aromatic N) is 2. The normalized spacial score (nSPS) is 15.7. The minimum absolute atomic E-state index is 0.206. The predicted octanol–water partition coefficient (Wildman–Crippen LogP) is 1.14. The van der Waals surface area contributed by atoms with E-state index in [4.69, 9.17) is 4.74 Å². The van der Waals surface area contributed by atoms with Gasteiger partial charge < -0.3 is 9.84 Å². The Kier molecular flexibility index (Phi) is 3.45. The zero-order valence-corrected chi connectivity index (χ0v) is 8.27. The van der Waals surface area contributed by atoms with Crippen LogP contribution in [0.1, 0.15) is 31.6 Å². The first kappa shape index (κ1) is 10.2. The molecule has 2 unspecified atom stereocenters. The molecule has 0 aromatic carbocycles. The maximum Gasteiger partial charge on any atom is 0.0792 e. The van der Waals surface area contributed by atoms with Crippen molar-refractivity contribution in [3.8, 4) is 0 Å². The third kappa shape index (κ3) is 2.54. The van der Waals surface area contributed by atoms with Gasteiger partial charge in [-0.15, -0.1) is 0 Å². The van der Waals surface area contributed by atoms with E-state index in [-0.39, 0.29) is 6.04 Å². The molecular formula is C9H16N2O2. The predicted molar refractivity (Wildman–Crippen MR) is 49.4 cm³/mol. The van der Waals surface area contributed by atoms with E-state index in [1.54, 1.807) is 24.9 Å². The lowest BCUT2D eigenvalue weighted by atomic mass is 10.2. The molecule has 0 radical (unpaired) electrons. The number of hydrogen-bond donors (Lipinski definition) is 1. The molecule has 13 heavy (non-hydrogen) atoms. The van der Waals surface area contributed by atoms with Crippen LogP contribution in [0.4, 0.5) is 0 Å². The highest BCUT2D eigenvalue weighted by Gasteiger charge is 2.08. The van der Waals surface area contributed by atoms with Gasteiger partial charge in [0.1, 0.15) is 0 Å². The molecule has 0 fully saturated rings. The number of ether oxygens (including phenoxy) is 1. The van der Waals surface area contributed by atoms with Gasteiger partial charge in [0, 0.05) is 18.9 Å². The first-order valence-electron chi connectivity index (χ1n) is 4.36. The summed E-state index contributed by atoms with van der Waals surface area (Å²) in [6, 6.07) is 0.206. The molecule has 0 spiro atoms. The highest BCUT2D eigenvalue weighted by molar-refractivity contribution is 5.07. The van der Waals surface area contributed by atoms with Crippen LogP contribution in [0.25, 0.3) is 0 Å². The van der Waals surface area contributed by atoms with Crippen molar-refractivity contribution in [1.82, 2.24) is 9.78 Å². The Balaban J connectivity index is 2.67. The summed E-state index contributed by atoms with van der Waals surface area (Å²) in [5, 5.41) is 13.4. The quantitative estimate of drug-likeness (QED) is 0.763. The molecule has 0 amide bonds. The van der Waals surface area contributed by atoms with Crippen molar-refractivity contribution >= 4 is 0 Å². The number of hydrogen-bond acceptors (Lipinski definition) is 3. The Bertz CT molecular complexity index is 258. The minimum atomic E-state index is -0.455. The van der Waals surface area contributed by atoms with Crippen molar-refractivity contribution in [3.63, 3.8) is 0 Å². The molecule has 4 nitrogen and oxygen atoms in total. The molecule has 4 heteroatoms. The van der Waals surface area contributed by atoms with Crippen LogP contribution >= 0.6 is 0 Å². The molecule has 1 rings (SSSR count). The number of methoxy groups -OCH3 is 1. The Morgan fingerprint density at radius 3 is 2.77 bits per heavy atom. The van der Waals surface area contributed by atoms with Crippen molar-refractivity contribution in [2.24, 2.45) is 0 Å². The number of aliphatic hydroxyl groups is 1. The topological polar surface area (TPSA) is 47.3 Å². The smallest absolute Gasteiger partial charge is 0.0792 e. The largest absolute Gasteiger partial charge is 0.389 e. The van der Waals surface area contributed by atoms with Crippen LogP contribution in [0.3, 0.4) is 0 Å². The van der Waals surface area contributed by atoms with E-state index in [1.165, 1.54) is 0 Å². The van der Waals surface area contributed by atoms with Crippen LogP contribution in [0, 0.1) is 0 Å². The summed E-state index contributed by atoms with van der Waals surface area (Å²) >= 11 is 0. The van der Waals surface area contributed by atoms with Crippen LogP contribution in [-0.4, -0.2) is 28.6 Å². The maximum atomic E-state index is 9.26. The van der Waals surface area contributed by atoms with Gasteiger partial charge in [-0.2, -0.15) is 5.10 Å². The van der Waals surface area contributed by atoms with E-state index in [0.717, 1.165) is 5.56 Å². The SMILES string of the molecule is COCC(C)n1cc(C(C)O)cn1. The van der Waals surface area contributed by atoms with Crippen molar-refractivity contribution < 1.29 is 9.84 Å². The molecule has 1 N–H and O–H groups in total. The monoisotopic (exact) mass is 184 g/mol. The summed E-state index contributed by atoms with van der Waals surface area (Å²) < 4.78 is 6.80. The van der Waals surface area contributed by atoms with Crippen molar-refractivity contribution in [3.05, 3.63) is 18.0 Å². The van der Waals surface area contributed by atoms with E-state index in [0.29, 0.717) is 6.61 Å². The van der Waals surface area contributed by atoms with Gasteiger partial charge in [-0.3, -0.25) is 4.68 Å². The van der Waals surface area contributed by atoms with Crippen molar-refractivity contribution in [1.29, 1.82) is 0 Å². The Hall–Kier alpha value is -0.870. The van der Waals surface area contributed by atoms with Gasteiger partial charge in [-0.05, 0) is 13.8 Å². The van der Waals surface area contributed by atoms with Crippen LogP contribution in [0.2, 0.25) is 0 Å². The molecule has 1 heterocycles. The Morgan fingerprint density at radius 1 is 1.62 bits per heavy atom. The van der Waals surface area contributed by atoms with Gasteiger partial charge in [0.25, 0.3) is 0 Å². The highest BCUT2D eigenvalue weighted by atomic mass is 16.5. The highest BCUT2D eigenvalue weighted by Crippen LogP contribution is 2.13. The van der Waals surface area contributed by atoms with E-state index < -0.39 is 6.10 Å². The number of aliphatic hydroxyl groups excluding tert-OH is 1. The summed E-state index contributed by atoms with van der Waals surface area (Å²) in [4.78, 5) is 0. The molecule has 1 aromatic heterocycles. The van der Waals surface area contributed by atoms with Crippen molar-refractivity contribution in [2.75, 3.05) is 13.7 Å². The first-order chi connectivity index (χ1) is 6.15. The third-order valence-electron chi connectivity index (χ3n) is 1.96. The fourth-order valence-corrected chi connectivity index (χ4v) is 1.13. The van der Waals surface area contributed by atoms with Crippen molar-refractivity contribution in [2.45, 2.75) is 26.0 Å². The molecular weight excluding hydrogens is 168 g/mol. The van der Waals surface area contributed by atoms with Crippen LogP contribution < -0.4 is 0 Å². The first-order valence-corrected chi connectivity index (χ1v) is 4.36. The molecule has 0 aliphatic carbocycles. The lowest BCUT2D eigenvalue weighted by Gasteiger charge is -2.10. The summed E-state index contributed by atoms with van der Waals surface area (Å²) in [6.07, 6.45) is 3.06. The Morgan fingerprint density at radius 2 is 2.31 bits per heavy atom. The van der Waals surface area contributed by atoms with Gasteiger partial charge >= 0.3 is 0 Å². The molecule has 74 valence electrons. The summed E-state index contributed by atoms with van der Waals surface area (Å²) in [5.41, 5.74) is 0.836. The van der Waals surface area contributed by atoms with E-state index >= 15 is 0 Å². The van der Waals surface area contributed by atoms with Gasteiger partial charge in [0.2, 0.25) is 0 Å².